The number of hydrogen-bond donors (Lipinski definition) is 2. The maximum absolute atomic E-state index is 12.1. The van der Waals surface area contributed by atoms with Gasteiger partial charge in [-0.3, -0.25) is 9.69 Å². The molecule has 3 N–H and O–H groups in total. The molecule has 4 nitrogen and oxygen atoms in total. The van der Waals surface area contributed by atoms with Crippen molar-refractivity contribution in [3.63, 3.8) is 0 Å². The van der Waals surface area contributed by atoms with E-state index in [2.05, 4.69) is 23.2 Å². The molecule has 2 rings (SSSR count). The summed E-state index contributed by atoms with van der Waals surface area (Å²) in [5.74, 6) is 0.575. The van der Waals surface area contributed by atoms with Crippen LogP contribution in [0.4, 0.5) is 5.69 Å². The quantitative estimate of drug-likeness (QED) is 0.882. The van der Waals surface area contributed by atoms with Gasteiger partial charge in [-0.1, -0.05) is 17.7 Å². The number of benzene rings is 1. The van der Waals surface area contributed by atoms with Gasteiger partial charge >= 0.3 is 0 Å². The SMILES string of the molecule is Cc1ccc(NC(=O)CN2CCC(C(C)N)C2)c(C)c1. The summed E-state index contributed by atoms with van der Waals surface area (Å²) in [4.78, 5) is 14.3. The van der Waals surface area contributed by atoms with Gasteiger partial charge in [-0.2, -0.15) is 0 Å². The molecule has 0 aliphatic carbocycles. The number of rotatable bonds is 4. The first-order chi connectivity index (χ1) is 9.45. The van der Waals surface area contributed by atoms with Crippen molar-refractivity contribution in [2.75, 3.05) is 25.0 Å². The third-order valence-electron chi connectivity index (χ3n) is 4.08. The van der Waals surface area contributed by atoms with Crippen LogP contribution in [-0.2, 0) is 4.79 Å². The molecule has 0 aromatic heterocycles. The van der Waals surface area contributed by atoms with Crippen LogP contribution in [-0.4, -0.2) is 36.5 Å². The number of carbonyl (C=O) groups excluding carboxylic acids is 1. The lowest BCUT2D eigenvalue weighted by Gasteiger charge is -2.18. The second-order valence-corrected chi connectivity index (χ2v) is 6.01. The summed E-state index contributed by atoms with van der Waals surface area (Å²) in [5, 5.41) is 3.00. The van der Waals surface area contributed by atoms with Crippen LogP contribution in [0.3, 0.4) is 0 Å². The van der Waals surface area contributed by atoms with E-state index in [0.29, 0.717) is 12.5 Å². The van der Waals surface area contributed by atoms with E-state index in [1.165, 1.54) is 5.56 Å². The van der Waals surface area contributed by atoms with Crippen LogP contribution in [0.25, 0.3) is 0 Å². The average molecular weight is 275 g/mol. The fourth-order valence-electron chi connectivity index (χ4n) is 2.78. The molecule has 1 saturated heterocycles. The molecule has 2 atom stereocenters. The van der Waals surface area contributed by atoms with Gasteiger partial charge in [0.1, 0.15) is 0 Å². The van der Waals surface area contributed by atoms with E-state index in [1.54, 1.807) is 0 Å². The van der Waals surface area contributed by atoms with Crippen LogP contribution in [0.2, 0.25) is 0 Å². The summed E-state index contributed by atoms with van der Waals surface area (Å²) in [6.45, 7) is 8.46. The molecule has 0 bridgehead atoms. The van der Waals surface area contributed by atoms with E-state index in [0.717, 1.165) is 30.8 Å². The minimum Gasteiger partial charge on any atom is -0.328 e. The summed E-state index contributed by atoms with van der Waals surface area (Å²) in [6.07, 6.45) is 1.09. The summed E-state index contributed by atoms with van der Waals surface area (Å²) >= 11 is 0. The molecule has 0 saturated carbocycles. The van der Waals surface area contributed by atoms with Crippen LogP contribution in [0.15, 0.2) is 18.2 Å². The van der Waals surface area contributed by atoms with Crippen molar-refractivity contribution in [3.05, 3.63) is 29.3 Å². The number of amides is 1. The Balaban J connectivity index is 1.87. The zero-order valence-corrected chi connectivity index (χ0v) is 12.6. The number of nitrogens with one attached hydrogen (secondary N) is 1. The predicted molar refractivity (Wildman–Crippen MR) is 82.7 cm³/mol. The normalized spacial score (nSPS) is 20.9. The van der Waals surface area contributed by atoms with Gasteiger partial charge in [-0.25, -0.2) is 0 Å². The second kappa shape index (κ2) is 6.37. The van der Waals surface area contributed by atoms with Crippen molar-refractivity contribution >= 4 is 11.6 Å². The molecule has 20 heavy (non-hydrogen) atoms. The molecule has 1 aliphatic heterocycles. The highest BCUT2D eigenvalue weighted by Crippen LogP contribution is 2.19. The number of aryl methyl sites for hydroxylation is 2. The first-order valence-electron chi connectivity index (χ1n) is 7.30. The molecule has 0 radical (unpaired) electrons. The Morgan fingerprint density at radius 2 is 2.25 bits per heavy atom. The van der Waals surface area contributed by atoms with Gasteiger partial charge in [0.2, 0.25) is 5.91 Å². The molecule has 2 unspecified atom stereocenters. The van der Waals surface area contributed by atoms with Gasteiger partial charge in [0.25, 0.3) is 0 Å². The molecular weight excluding hydrogens is 250 g/mol. The fourth-order valence-corrected chi connectivity index (χ4v) is 2.78. The van der Waals surface area contributed by atoms with Gasteiger partial charge in [-0.15, -0.1) is 0 Å². The third-order valence-corrected chi connectivity index (χ3v) is 4.08. The average Bonchev–Trinajstić information content (AvgIpc) is 2.81. The molecule has 110 valence electrons. The number of likely N-dealkylation sites (tertiary alicyclic amines) is 1. The van der Waals surface area contributed by atoms with Crippen LogP contribution < -0.4 is 11.1 Å². The lowest BCUT2D eigenvalue weighted by atomic mass is 10.0. The monoisotopic (exact) mass is 275 g/mol. The number of anilines is 1. The highest BCUT2D eigenvalue weighted by atomic mass is 16.2. The van der Waals surface area contributed by atoms with Gasteiger partial charge < -0.3 is 11.1 Å². The molecule has 1 fully saturated rings. The van der Waals surface area contributed by atoms with Crippen molar-refractivity contribution < 1.29 is 4.79 Å². The zero-order chi connectivity index (χ0) is 14.7. The Bertz CT molecular complexity index is 485. The Morgan fingerprint density at radius 1 is 1.50 bits per heavy atom. The Morgan fingerprint density at radius 3 is 2.85 bits per heavy atom. The predicted octanol–water partition coefficient (Wildman–Crippen LogP) is 1.91. The maximum Gasteiger partial charge on any atom is 0.238 e. The van der Waals surface area contributed by atoms with Gasteiger partial charge in [0, 0.05) is 18.3 Å². The summed E-state index contributed by atoms with van der Waals surface area (Å²) in [7, 11) is 0. The smallest absolute Gasteiger partial charge is 0.238 e. The van der Waals surface area contributed by atoms with Crippen molar-refractivity contribution in [1.29, 1.82) is 0 Å². The third kappa shape index (κ3) is 3.81. The lowest BCUT2D eigenvalue weighted by molar-refractivity contribution is -0.117. The van der Waals surface area contributed by atoms with Gasteiger partial charge in [0.15, 0.2) is 0 Å². The molecule has 1 aliphatic rings. The topological polar surface area (TPSA) is 58.4 Å². The van der Waals surface area contributed by atoms with Gasteiger partial charge in [0.05, 0.1) is 6.54 Å². The van der Waals surface area contributed by atoms with E-state index in [9.17, 15) is 4.79 Å². The molecule has 1 amide bonds. The maximum atomic E-state index is 12.1. The van der Waals surface area contributed by atoms with E-state index in [1.807, 2.05) is 26.0 Å². The van der Waals surface area contributed by atoms with Crippen LogP contribution >= 0.6 is 0 Å². The Labute approximate surface area is 121 Å². The van der Waals surface area contributed by atoms with E-state index >= 15 is 0 Å². The summed E-state index contributed by atoms with van der Waals surface area (Å²) < 4.78 is 0. The number of hydrogen-bond acceptors (Lipinski definition) is 3. The fraction of sp³-hybridized carbons (Fsp3) is 0.562. The van der Waals surface area contributed by atoms with Crippen LogP contribution in [0.1, 0.15) is 24.5 Å². The summed E-state index contributed by atoms with van der Waals surface area (Å²) in [6, 6.07) is 6.28. The first-order valence-corrected chi connectivity index (χ1v) is 7.30. The molecular formula is C16H25N3O. The van der Waals surface area contributed by atoms with Crippen molar-refractivity contribution in [1.82, 2.24) is 4.90 Å². The van der Waals surface area contributed by atoms with Gasteiger partial charge in [-0.05, 0) is 51.3 Å². The standard InChI is InChI=1S/C16H25N3O/c1-11-4-5-15(12(2)8-11)18-16(20)10-19-7-6-14(9-19)13(3)17/h4-5,8,13-14H,6-7,9-10,17H2,1-3H3,(H,18,20). The van der Waals surface area contributed by atoms with Crippen molar-refractivity contribution in [2.45, 2.75) is 33.2 Å². The highest BCUT2D eigenvalue weighted by molar-refractivity contribution is 5.93. The van der Waals surface area contributed by atoms with Crippen LogP contribution in [0, 0.1) is 19.8 Å². The largest absolute Gasteiger partial charge is 0.328 e. The minimum atomic E-state index is 0.0577. The minimum absolute atomic E-state index is 0.0577. The number of nitrogens with zero attached hydrogens (tertiary/aromatic N) is 1. The zero-order valence-electron chi connectivity index (χ0n) is 12.6. The van der Waals surface area contributed by atoms with Crippen molar-refractivity contribution in [3.8, 4) is 0 Å². The Hall–Kier alpha value is -1.39. The Kier molecular flexibility index (Phi) is 4.78. The first kappa shape index (κ1) is 15.0. The molecule has 4 heteroatoms. The summed E-state index contributed by atoms with van der Waals surface area (Å²) in [5.41, 5.74) is 9.14. The number of carbonyl (C=O) groups is 1. The number of nitrogens with two attached hydrogens (primary N) is 1. The molecule has 1 heterocycles. The molecule has 1 aromatic rings. The lowest BCUT2D eigenvalue weighted by Crippen LogP contribution is -2.34. The van der Waals surface area contributed by atoms with Crippen LogP contribution in [0.5, 0.6) is 0 Å². The second-order valence-electron chi connectivity index (χ2n) is 6.01. The van der Waals surface area contributed by atoms with E-state index in [4.69, 9.17) is 5.73 Å². The van der Waals surface area contributed by atoms with E-state index in [-0.39, 0.29) is 11.9 Å². The van der Waals surface area contributed by atoms with E-state index < -0.39 is 0 Å². The molecule has 1 aromatic carbocycles. The van der Waals surface area contributed by atoms with Crippen molar-refractivity contribution in [2.24, 2.45) is 11.7 Å². The highest BCUT2D eigenvalue weighted by Gasteiger charge is 2.26. The molecule has 0 spiro atoms.